The van der Waals surface area contributed by atoms with E-state index in [0.29, 0.717) is 5.69 Å². The molecule has 2 aromatic rings. The molecule has 0 spiro atoms. The smallest absolute Gasteiger partial charge is 0.146 e. The lowest BCUT2D eigenvalue weighted by atomic mass is 10.1. The molecule has 0 radical (unpaired) electrons. The van der Waals surface area contributed by atoms with E-state index in [-0.39, 0.29) is 5.82 Å². The number of halogens is 1. The van der Waals surface area contributed by atoms with E-state index in [2.05, 4.69) is 15.9 Å². The van der Waals surface area contributed by atoms with Gasteiger partial charge in [-0.15, -0.1) is 0 Å². The molecule has 2 aromatic carbocycles. The van der Waals surface area contributed by atoms with E-state index in [0.717, 1.165) is 38.4 Å². The van der Waals surface area contributed by atoms with Crippen molar-refractivity contribution in [2.75, 3.05) is 36.8 Å². The molecule has 0 aromatic heterocycles. The SMILES string of the molecule is Nc1cccc(CN2CCN(c3ccccc3F)CC2)c1. The Hall–Kier alpha value is -2.07. The third-order valence-electron chi connectivity index (χ3n) is 3.92. The van der Waals surface area contributed by atoms with E-state index < -0.39 is 0 Å². The van der Waals surface area contributed by atoms with Gasteiger partial charge in [-0.3, -0.25) is 4.90 Å². The molecule has 1 aliphatic heterocycles. The highest BCUT2D eigenvalue weighted by molar-refractivity contribution is 5.48. The number of nitrogen functional groups attached to an aromatic ring is 1. The molecule has 1 aliphatic rings. The van der Waals surface area contributed by atoms with E-state index in [1.165, 1.54) is 11.6 Å². The highest BCUT2D eigenvalue weighted by Crippen LogP contribution is 2.20. The number of piperazine rings is 1. The zero-order valence-electron chi connectivity index (χ0n) is 12.0. The number of benzene rings is 2. The molecule has 1 fully saturated rings. The van der Waals surface area contributed by atoms with Crippen molar-refractivity contribution in [3.05, 3.63) is 59.9 Å². The zero-order chi connectivity index (χ0) is 14.7. The van der Waals surface area contributed by atoms with Gasteiger partial charge in [-0.1, -0.05) is 24.3 Å². The molecule has 110 valence electrons. The van der Waals surface area contributed by atoms with Crippen molar-refractivity contribution in [2.45, 2.75) is 6.54 Å². The van der Waals surface area contributed by atoms with Gasteiger partial charge in [-0.2, -0.15) is 0 Å². The number of nitrogens with zero attached hydrogens (tertiary/aromatic N) is 2. The summed E-state index contributed by atoms with van der Waals surface area (Å²) < 4.78 is 13.8. The number of para-hydroxylation sites is 1. The third kappa shape index (κ3) is 3.34. The Morgan fingerprint density at radius 3 is 2.43 bits per heavy atom. The molecule has 1 heterocycles. The Balaban J connectivity index is 1.59. The normalized spacial score (nSPS) is 16.1. The molecule has 0 bridgehead atoms. The van der Waals surface area contributed by atoms with E-state index >= 15 is 0 Å². The molecule has 4 heteroatoms. The summed E-state index contributed by atoms with van der Waals surface area (Å²) in [5, 5.41) is 0. The zero-order valence-corrected chi connectivity index (χ0v) is 12.0. The Bertz CT molecular complexity index is 606. The van der Waals surface area contributed by atoms with Crippen molar-refractivity contribution in [3.63, 3.8) is 0 Å². The summed E-state index contributed by atoms with van der Waals surface area (Å²) in [5.74, 6) is -0.137. The fraction of sp³-hybridized carbons (Fsp3) is 0.294. The maximum absolute atomic E-state index is 13.8. The minimum Gasteiger partial charge on any atom is -0.399 e. The summed E-state index contributed by atoms with van der Waals surface area (Å²) >= 11 is 0. The molecular formula is C17H20FN3. The standard InChI is InChI=1S/C17H20FN3/c18-16-6-1-2-7-17(16)21-10-8-20(9-11-21)13-14-4-3-5-15(19)12-14/h1-7,12H,8-11,13,19H2. The molecule has 2 N–H and O–H groups in total. The number of rotatable bonds is 3. The molecule has 0 amide bonds. The van der Waals surface area contributed by atoms with E-state index in [1.807, 2.05) is 30.3 Å². The topological polar surface area (TPSA) is 32.5 Å². The van der Waals surface area contributed by atoms with Crippen LogP contribution in [0.25, 0.3) is 0 Å². The van der Waals surface area contributed by atoms with Gasteiger partial charge in [0.05, 0.1) is 5.69 Å². The predicted molar refractivity (Wildman–Crippen MR) is 84.7 cm³/mol. The lowest BCUT2D eigenvalue weighted by Gasteiger charge is -2.36. The maximum atomic E-state index is 13.8. The summed E-state index contributed by atoms with van der Waals surface area (Å²) in [6.07, 6.45) is 0. The van der Waals surface area contributed by atoms with Gasteiger partial charge in [0, 0.05) is 38.4 Å². The molecule has 21 heavy (non-hydrogen) atoms. The van der Waals surface area contributed by atoms with Crippen molar-refractivity contribution < 1.29 is 4.39 Å². The quantitative estimate of drug-likeness (QED) is 0.880. The van der Waals surface area contributed by atoms with Crippen molar-refractivity contribution in [3.8, 4) is 0 Å². The fourth-order valence-corrected chi connectivity index (χ4v) is 2.80. The largest absolute Gasteiger partial charge is 0.399 e. The predicted octanol–water partition coefficient (Wildman–Crippen LogP) is 2.73. The average molecular weight is 285 g/mol. The maximum Gasteiger partial charge on any atom is 0.146 e. The van der Waals surface area contributed by atoms with Crippen molar-refractivity contribution in [1.29, 1.82) is 0 Å². The molecule has 0 atom stereocenters. The van der Waals surface area contributed by atoms with Gasteiger partial charge in [0.1, 0.15) is 5.82 Å². The van der Waals surface area contributed by atoms with Gasteiger partial charge in [-0.25, -0.2) is 4.39 Å². The first-order valence-corrected chi connectivity index (χ1v) is 7.28. The summed E-state index contributed by atoms with van der Waals surface area (Å²) in [6.45, 7) is 4.47. The Morgan fingerprint density at radius 1 is 0.952 bits per heavy atom. The summed E-state index contributed by atoms with van der Waals surface area (Å²) in [7, 11) is 0. The minimum absolute atomic E-state index is 0.137. The second kappa shape index (κ2) is 6.14. The Morgan fingerprint density at radius 2 is 1.71 bits per heavy atom. The number of anilines is 2. The van der Waals surface area contributed by atoms with Gasteiger partial charge in [-0.05, 0) is 29.8 Å². The molecule has 1 saturated heterocycles. The fourth-order valence-electron chi connectivity index (χ4n) is 2.80. The second-order valence-corrected chi connectivity index (χ2v) is 5.46. The minimum atomic E-state index is -0.137. The first kappa shape index (κ1) is 13.9. The van der Waals surface area contributed by atoms with E-state index in [1.54, 1.807) is 6.07 Å². The van der Waals surface area contributed by atoms with Gasteiger partial charge >= 0.3 is 0 Å². The Labute approximate surface area is 124 Å². The molecule has 3 nitrogen and oxygen atoms in total. The van der Waals surface area contributed by atoms with Crippen LogP contribution in [-0.2, 0) is 6.54 Å². The summed E-state index contributed by atoms with van der Waals surface area (Å²) in [5.41, 5.74) is 8.55. The van der Waals surface area contributed by atoms with E-state index in [9.17, 15) is 4.39 Å². The van der Waals surface area contributed by atoms with Gasteiger partial charge in [0.25, 0.3) is 0 Å². The highest BCUT2D eigenvalue weighted by atomic mass is 19.1. The first-order chi connectivity index (χ1) is 10.2. The molecule has 0 saturated carbocycles. The van der Waals surface area contributed by atoms with Crippen LogP contribution in [0, 0.1) is 5.82 Å². The van der Waals surface area contributed by atoms with Crippen LogP contribution < -0.4 is 10.6 Å². The van der Waals surface area contributed by atoms with Crippen LogP contribution in [0.4, 0.5) is 15.8 Å². The number of hydrogen-bond acceptors (Lipinski definition) is 3. The van der Waals surface area contributed by atoms with Crippen LogP contribution in [-0.4, -0.2) is 31.1 Å². The monoisotopic (exact) mass is 285 g/mol. The van der Waals surface area contributed by atoms with Crippen molar-refractivity contribution >= 4 is 11.4 Å². The van der Waals surface area contributed by atoms with Crippen molar-refractivity contribution in [2.24, 2.45) is 0 Å². The van der Waals surface area contributed by atoms with E-state index in [4.69, 9.17) is 5.73 Å². The molecule has 0 aliphatic carbocycles. The van der Waals surface area contributed by atoms with Gasteiger partial charge < -0.3 is 10.6 Å². The lowest BCUT2D eigenvalue weighted by Crippen LogP contribution is -2.46. The Kier molecular flexibility index (Phi) is 4.06. The highest BCUT2D eigenvalue weighted by Gasteiger charge is 2.19. The van der Waals surface area contributed by atoms with Gasteiger partial charge in [0.2, 0.25) is 0 Å². The number of hydrogen-bond donors (Lipinski definition) is 1. The molecule has 0 unspecified atom stereocenters. The van der Waals surface area contributed by atoms with Crippen LogP contribution in [0.5, 0.6) is 0 Å². The van der Waals surface area contributed by atoms with Crippen LogP contribution in [0.15, 0.2) is 48.5 Å². The lowest BCUT2D eigenvalue weighted by molar-refractivity contribution is 0.249. The second-order valence-electron chi connectivity index (χ2n) is 5.46. The van der Waals surface area contributed by atoms with Crippen molar-refractivity contribution in [1.82, 2.24) is 4.90 Å². The van der Waals surface area contributed by atoms with Crippen LogP contribution in [0.1, 0.15) is 5.56 Å². The van der Waals surface area contributed by atoms with Crippen LogP contribution >= 0.6 is 0 Å². The third-order valence-corrected chi connectivity index (χ3v) is 3.92. The average Bonchev–Trinajstić information content (AvgIpc) is 2.49. The molecule has 3 rings (SSSR count). The van der Waals surface area contributed by atoms with Gasteiger partial charge in [0.15, 0.2) is 0 Å². The summed E-state index contributed by atoms with van der Waals surface area (Å²) in [4.78, 5) is 4.50. The van der Waals surface area contributed by atoms with Crippen LogP contribution in [0.3, 0.4) is 0 Å². The summed E-state index contributed by atoms with van der Waals surface area (Å²) in [6, 6.07) is 15.0. The first-order valence-electron chi connectivity index (χ1n) is 7.28. The van der Waals surface area contributed by atoms with Crippen LogP contribution in [0.2, 0.25) is 0 Å². The number of nitrogens with two attached hydrogens (primary N) is 1. The molecular weight excluding hydrogens is 265 g/mol.